The molecule has 1 N–H and O–H groups in total. The van der Waals surface area contributed by atoms with Gasteiger partial charge in [-0.15, -0.1) is 0 Å². The van der Waals surface area contributed by atoms with Gasteiger partial charge in [-0.25, -0.2) is 0 Å². The Morgan fingerprint density at radius 3 is 2.95 bits per heavy atom. The highest BCUT2D eigenvalue weighted by atomic mass is 16.6. The van der Waals surface area contributed by atoms with Crippen LogP contribution in [0.4, 0.5) is 0 Å². The molecule has 0 aromatic heterocycles. The lowest BCUT2D eigenvalue weighted by atomic mass is 9.70. The summed E-state index contributed by atoms with van der Waals surface area (Å²) < 4.78 is 11.7. The number of likely N-dealkylation sites (N-methyl/N-ethyl adjacent to an activating group) is 1. The van der Waals surface area contributed by atoms with Crippen molar-refractivity contribution < 1.29 is 14.3 Å². The molecule has 1 saturated heterocycles. The van der Waals surface area contributed by atoms with Crippen LogP contribution in [0.25, 0.3) is 0 Å². The number of carbonyl (C=O) groups is 1. The Bertz CT molecular complexity index is 362. The maximum Gasteiger partial charge on any atom is 0.244 e. The minimum Gasteiger partial charge on any atom is -0.375 e. The average Bonchev–Trinajstić information content (AvgIpc) is 2.89. The molecule has 1 heterocycles. The number of nitrogens with zero attached hydrogens (tertiary/aromatic N) is 1. The molecule has 3 atom stereocenters. The van der Waals surface area contributed by atoms with E-state index in [2.05, 4.69) is 5.32 Å². The molecule has 5 nitrogen and oxygen atoms in total. The van der Waals surface area contributed by atoms with Gasteiger partial charge in [0.05, 0.1) is 12.1 Å². The van der Waals surface area contributed by atoms with E-state index in [1.165, 1.54) is 0 Å². The molecule has 1 saturated carbocycles. The summed E-state index contributed by atoms with van der Waals surface area (Å²) >= 11 is 0. The van der Waals surface area contributed by atoms with Gasteiger partial charge in [0.2, 0.25) is 5.91 Å². The average molecular weight is 282 g/mol. The Balaban J connectivity index is 1.87. The normalized spacial score (nSPS) is 33.0. The second-order valence-electron chi connectivity index (χ2n) is 5.81. The quantitative estimate of drug-likeness (QED) is 0.737. The summed E-state index contributed by atoms with van der Waals surface area (Å²) in [6, 6.07) is 0.0815. The zero-order chi connectivity index (χ0) is 14.6. The molecule has 3 unspecified atom stereocenters. The van der Waals surface area contributed by atoms with Crippen LogP contribution in [-0.4, -0.2) is 62.4 Å². The summed E-state index contributed by atoms with van der Waals surface area (Å²) in [5.41, 5.74) is -0.277. The predicted octanol–water partition coefficient (Wildman–Crippen LogP) is 0.947. The zero-order valence-electron chi connectivity index (χ0n) is 12.7. The molecule has 1 aliphatic carbocycles. The summed E-state index contributed by atoms with van der Waals surface area (Å²) in [6.07, 6.45) is 6.48. The molecule has 1 amide bonds. The lowest BCUT2D eigenvalue weighted by Crippen LogP contribution is -2.69. The van der Waals surface area contributed by atoms with E-state index in [-0.39, 0.29) is 23.7 Å². The Labute approximate surface area is 121 Å². The highest BCUT2D eigenvalue weighted by Crippen LogP contribution is 2.45. The topological polar surface area (TPSA) is 50.8 Å². The fourth-order valence-electron chi connectivity index (χ4n) is 3.07. The van der Waals surface area contributed by atoms with E-state index < -0.39 is 0 Å². The molecule has 0 aromatic rings. The summed E-state index contributed by atoms with van der Waals surface area (Å²) in [5.74, 6) is -0.0401. The zero-order valence-corrected chi connectivity index (χ0v) is 12.7. The second-order valence-corrected chi connectivity index (χ2v) is 5.81. The maximum absolute atomic E-state index is 11.9. The third-order valence-electron chi connectivity index (χ3n) is 4.09. The number of amides is 1. The summed E-state index contributed by atoms with van der Waals surface area (Å²) in [5, 5.41) is 3.06. The van der Waals surface area contributed by atoms with E-state index in [1.807, 2.05) is 32.0 Å². The Morgan fingerprint density at radius 1 is 1.55 bits per heavy atom. The second kappa shape index (κ2) is 6.70. The predicted molar refractivity (Wildman–Crippen MR) is 77.6 cm³/mol. The van der Waals surface area contributed by atoms with Crippen LogP contribution in [0.1, 0.15) is 26.2 Å². The molecule has 0 radical (unpaired) electrons. The summed E-state index contributed by atoms with van der Waals surface area (Å²) in [4.78, 5) is 13.9. The molecular weight excluding hydrogens is 256 g/mol. The first-order valence-electron chi connectivity index (χ1n) is 7.46. The SMILES string of the molecule is CCOC1CC(NC(=O)/C=C/CN(C)C)C12CCCO2. The van der Waals surface area contributed by atoms with Crippen molar-refractivity contribution in [3.8, 4) is 0 Å². The van der Waals surface area contributed by atoms with E-state index in [4.69, 9.17) is 9.47 Å². The van der Waals surface area contributed by atoms with Crippen molar-refractivity contribution in [2.45, 2.75) is 43.9 Å². The van der Waals surface area contributed by atoms with Crippen LogP contribution in [0, 0.1) is 0 Å². The number of ether oxygens (including phenoxy) is 2. The van der Waals surface area contributed by atoms with Gasteiger partial charge in [0.1, 0.15) is 5.60 Å². The fourth-order valence-corrected chi connectivity index (χ4v) is 3.07. The van der Waals surface area contributed by atoms with E-state index >= 15 is 0 Å². The molecule has 5 heteroatoms. The van der Waals surface area contributed by atoms with Crippen molar-refractivity contribution in [3.05, 3.63) is 12.2 Å². The van der Waals surface area contributed by atoms with Gasteiger partial charge >= 0.3 is 0 Å². The molecule has 114 valence electrons. The van der Waals surface area contributed by atoms with Crippen LogP contribution in [0.5, 0.6) is 0 Å². The van der Waals surface area contributed by atoms with Crippen molar-refractivity contribution in [2.75, 3.05) is 33.9 Å². The van der Waals surface area contributed by atoms with Gasteiger partial charge in [0.15, 0.2) is 0 Å². The Morgan fingerprint density at radius 2 is 2.35 bits per heavy atom. The molecule has 1 spiro atoms. The van der Waals surface area contributed by atoms with E-state index in [9.17, 15) is 4.79 Å². The van der Waals surface area contributed by atoms with Crippen molar-refractivity contribution in [3.63, 3.8) is 0 Å². The van der Waals surface area contributed by atoms with E-state index in [1.54, 1.807) is 6.08 Å². The van der Waals surface area contributed by atoms with Crippen LogP contribution < -0.4 is 5.32 Å². The van der Waals surface area contributed by atoms with Gasteiger partial charge in [-0.3, -0.25) is 4.79 Å². The molecule has 20 heavy (non-hydrogen) atoms. The van der Waals surface area contributed by atoms with Crippen molar-refractivity contribution in [1.29, 1.82) is 0 Å². The van der Waals surface area contributed by atoms with E-state index in [0.29, 0.717) is 6.61 Å². The van der Waals surface area contributed by atoms with Crippen LogP contribution >= 0.6 is 0 Å². The fraction of sp³-hybridized carbons (Fsp3) is 0.800. The van der Waals surface area contributed by atoms with Gasteiger partial charge in [-0.1, -0.05) is 6.08 Å². The number of rotatable bonds is 6. The number of hydrogen-bond acceptors (Lipinski definition) is 4. The Hall–Kier alpha value is -0.910. The largest absolute Gasteiger partial charge is 0.375 e. The van der Waals surface area contributed by atoms with Gasteiger partial charge < -0.3 is 19.7 Å². The molecule has 2 fully saturated rings. The summed E-state index contributed by atoms with van der Waals surface area (Å²) in [6.45, 7) is 4.23. The van der Waals surface area contributed by atoms with Crippen LogP contribution in [0.2, 0.25) is 0 Å². The van der Waals surface area contributed by atoms with Gasteiger partial charge in [0.25, 0.3) is 0 Å². The minimum atomic E-state index is -0.277. The third-order valence-corrected chi connectivity index (χ3v) is 4.09. The molecule has 2 aliphatic rings. The highest BCUT2D eigenvalue weighted by molar-refractivity contribution is 5.88. The number of carbonyl (C=O) groups excluding carboxylic acids is 1. The summed E-state index contributed by atoms with van der Waals surface area (Å²) in [7, 11) is 3.95. The lowest BCUT2D eigenvalue weighted by Gasteiger charge is -2.52. The third kappa shape index (κ3) is 3.22. The first-order chi connectivity index (χ1) is 9.58. The van der Waals surface area contributed by atoms with Gasteiger partial charge in [-0.2, -0.15) is 0 Å². The smallest absolute Gasteiger partial charge is 0.244 e. The standard InChI is InChI=1S/C15H26N2O3/c1-4-19-13-11-12(15(13)8-6-10-20-15)16-14(18)7-5-9-17(2)3/h5,7,12-13H,4,6,8-11H2,1-3H3,(H,16,18)/b7-5+. The van der Waals surface area contributed by atoms with Gasteiger partial charge in [-0.05, 0) is 40.3 Å². The monoisotopic (exact) mass is 282 g/mol. The molecule has 0 aromatic carbocycles. The van der Waals surface area contributed by atoms with Crippen molar-refractivity contribution >= 4 is 5.91 Å². The minimum absolute atomic E-state index is 0.0401. The lowest BCUT2D eigenvalue weighted by molar-refractivity contribution is -0.197. The molecule has 2 rings (SSSR count). The first kappa shape index (κ1) is 15.5. The van der Waals surface area contributed by atoms with Gasteiger partial charge in [0, 0.05) is 25.8 Å². The van der Waals surface area contributed by atoms with E-state index in [0.717, 1.165) is 32.4 Å². The van der Waals surface area contributed by atoms with Crippen molar-refractivity contribution in [1.82, 2.24) is 10.2 Å². The maximum atomic E-state index is 11.9. The highest BCUT2D eigenvalue weighted by Gasteiger charge is 2.59. The Kier molecular flexibility index (Phi) is 5.18. The first-order valence-corrected chi connectivity index (χ1v) is 7.46. The number of hydrogen-bond donors (Lipinski definition) is 1. The van der Waals surface area contributed by atoms with Crippen LogP contribution in [0.15, 0.2) is 12.2 Å². The number of nitrogens with one attached hydrogen (secondary N) is 1. The molecular formula is C15H26N2O3. The molecule has 1 aliphatic heterocycles. The van der Waals surface area contributed by atoms with Crippen molar-refractivity contribution in [2.24, 2.45) is 0 Å². The van der Waals surface area contributed by atoms with Crippen LogP contribution in [-0.2, 0) is 14.3 Å². The van der Waals surface area contributed by atoms with Crippen LogP contribution in [0.3, 0.4) is 0 Å². The molecule has 0 bridgehead atoms.